The Bertz CT molecular complexity index is 941. The number of aliphatic carboxylic acids is 1. The van der Waals surface area contributed by atoms with E-state index < -0.39 is 5.97 Å². The molecule has 0 fully saturated rings. The van der Waals surface area contributed by atoms with Crippen LogP contribution in [0, 0.1) is 6.92 Å². The van der Waals surface area contributed by atoms with Gasteiger partial charge in [-0.25, -0.2) is 9.97 Å². The highest BCUT2D eigenvalue weighted by molar-refractivity contribution is 9.11. The van der Waals surface area contributed by atoms with E-state index in [2.05, 4.69) is 31.2 Å². The molecule has 0 radical (unpaired) electrons. The van der Waals surface area contributed by atoms with Crippen molar-refractivity contribution in [2.45, 2.75) is 13.3 Å². The number of thiophene rings is 1. The van der Waals surface area contributed by atoms with E-state index in [1.807, 2.05) is 31.2 Å². The summed E-state index contributed by atoms with van der Waals surface area (Å²) >= 11 is 5.01. The smallest absolute Gasteiger partial charge is 0.307 e. The van der Waals surface area contributed by atoms with Crippen LogP contribution in [0.2, 0.25) is 0 Å². The molecular weight excluding hydrogens is 418 g/mol. The van der Waals surface area contributed by atoms with Gasteiger partial charge in [-0.1, -0.05) is 12.1 Å². The summed E-state index contributed by atoms with van der Waals surface area (Å²) in [4.78, 5) is 20.9. The Morgan fingerprint density at radius 3 is 2.54 bits per heavy atom. The Balaban J connectivity index is 1.92. The van der Waals surface area contributed by atoms with Gasteiger partial charge in [0.05, 0.1) is 27.9 Å². The zero-order chi connectivity index (χ0) is 18.7. The van der Waals surface area contributed by atoms with Crippen molar-refractivity contribution in [2.75, 3.05) is 12.4 Å². The van der Waals surface area contributed by atoms with E-state index in [1.165, 1.54) is 0 Å². The summed E-state index contributed by atoms with van der Waals surface area (Å²) < 4.78 is 6.46. The molecule has 2 heterocycles. The van der Waals surface area contributed by atoms with E-state index in [0.29, 0.717) is 17.4 Å². The van der Waals surface area contributed by atoms with Crippen LogP contribution in [0.1, 0.15) is 11.3 Å². The lowest BCUT2D eigenvalue weighted by atomic mass is 10.1. The fourth-order valence-corrected chi connectivity index (χ4v) is 3.77. The average Bonchev–Trinajstić information content (AvgIpc) is 3.02. The Labute approximate surface area is 163 Å². The molecule has 0 atom stereocenters. The second-order valence-electron chi connectivity index (χ2n) is 5.51. The van der Waals surface area contributed by atoms with Crippen LogP contribution in [-0.4, -0.2) is 28.2 Å². The molecule has 0 saturated carbocycles. The first-order valence-corrected chi connectivity index (χ1v) is 9.33. The van der Waals surface area contributed by atoms with E-state index >= 15 is 0 Å². The molecule has 3 rings (SSSR count). The lowest BCUT2D eigenvalue weighted by molar-refractivity contribution is -0.136. The van der Waals surface area contributed by atoms with Gasteiger partial charge in [0.15, 0.2) is 17.4 Å². The minimum atomic E-state index is -0.856. The fourth-order valence-electron chi connectivity index (χ4n) is 2.45. The van der Waals surface area contributed by atoms with Crippen LogP contribution in [-0.2, 0) is 11.2 Å². The summed E-state index contributed by atoms with van der Waals surface area (Å²) in [5.41, 5.74) is 2.25. The fraction of sp³-hybridized carbons (Fsp3) is 0.167. The number of carboxylic acids is 1. The number of halogens is 1. The third-order valence-corrected chi connectivity index (χ3v) is 5.22. The molecule has 0 spiro atoms. The molecule has 26 heavy (non-hydrogen) atoms. The maximum Gasteiger partial charge on any atom is 0.307 e. The highest BCUT2D eigenvalue weighted by atomic mass is 79.9. The monoisotopic (exact) mass is 433 g/mol. The number of nitrogens with one attached hydrogen (secondary N) is 1. The Hall–Kier alpha value is -2.45. The number of carboxylic acid groups (broad SMARTS) is 1. The van der Waals surface area contributed by atoms with Crippen LogP contribution in [0.3, 0.4) is 0 Å². The summed E-state index contributed by atoms with van der Waals surface area (Å²) in [6.45, 7) is 1.87. The predicted molar refractivity (Wildman–Crippen MR) is 105 cm³/mol. The number of hydrogen-bond donors (Lipinski definition) is 2. The van der Waals surface area contributed by atoms with E-state index in [9.17, 15) is 4.79 Å². The Morgan fingerprint density at radius 2 is 1.96 bits per heavy atom. The molecular formula is C18H16BrN3O3S. The number of carbonyl (C=O) groups is 1. The van der Waals surface area contributed by atoms with Gasteiger partial charge in [-0.15, -0.1) is 11.3 Å². The summed E-state index contributed by atoms with van der Waals surface area (Å²) in [5.74, 6) is 0.888. The summed E-state index contributed by atoms with van der Waals surface area (Å²) in [6.07, 6.45) is -0.00633. The van der Waals surface area contributed by atoms with Crippen molar-refractivity contribution in [2.24, 2.45) is 0 Å². The molecule has 2 aromatic heterocycles. The first-order valence-electron chi connectivity index (χ1n) is 7.72. The minimum absolute atomic E-state index is 0.00633. The van der Waals surface area contributed by atoms with E-state index in [4.69, 9.17) is 9.84 Å². The normalized spacial score (nSPS) is 10.6. The quantitative estimate of drug-likeness (QED) is 0.588. The summed E-state index contributed by atoms with van der Waals surface area (Å²) in [6, 6.07) is 11.1. The van der Waals surface area contributed by atoms with Gasteiger partial charge in [0, 0.05) is 5.69 Å². The third-order valence-electron chi connectivity index (χ3n) is 3.60. The number of aryl methyl sites for hydroxylation is 1. The zero-order valence-corrected chi connectivity index (χ0v) is 16.5. The topological polar surface area (TPSA) is 84.3 Å². The first-order chi connectivity index (χ1) is 12.5. The van der Waals surface area contributed by atoms with Gasteiger partial charge < -0.3 is 15.2 Å². The van der Waals surface area contributed by atoms with Crippen molar-refractivity contribution in [1.29, 1.82) is 0 Å². The lowest BCUT2D eigenvalue weighted by Gasteiger charge is -2.13. The van der Waals surface area contributed by atoms with Crippen molar-refractivity contribution < 1.29 is 14.6 Å². The van der Waals surface area contributed by atoms with Crippen molar-refractivity contribution in [1.82, 2.24) is 9.97 Å². The van der Waals surface area contributed by atoms with Gasteiger partial charge in [-0.05, 0) is 52.7 Å². The Kier molecular flexibility index (Phi) is 5.53. The second kappa shape index (κ2) is 7.84. The molecule has 6 nitrogen and oxygen atoms in total. The molecule has 8 heteroatoms. The maximum atomic E-state index is 10.8. The van der Waals surface area contributed by atoms with Gasteiger partial charge in [0.1, 0.15) is 0 Å². The van der Waals surface area contributed by atoms with Crippen molar-refractivity contribution >= 4 is 44.7 Å². The number of anilines is 2. The molecule has 0 aliphatic heterocycles. The molecule has 3 aromatic rings. The Morgan fingerprint density at radius 1 is 1.23 bits per heavy atom. The molecule has 0 aliphatic carbocycles. The van der Waals surface area contributed by atoms with Crippen molar-refractivity contribution in [3.63, 3.8) is 0 Å². The van der Waals surface area contributed by atoms with E-state index in [-0.39, 0.29) is 6.42 Å². The standard InChI is InChI=1S/C18H16BrN3O3S/c1-10-16(25-2)18(22-17(20-10)13-7-8-14(19)26-13)21-12-5-3-11(4-6-12)9-15(23)24/h3-8H,9H2,1-2H3,(H,23,24)(H,20,21,22). The molecule has 2 N–H and O–H groups in total. The number of rotatable bonds is 6. The van der Waals surface area contributed by atoms with Crippen LogP contribution >= 0.6 is 27.3 Å². The van der Waals surface area contributed by atoms with Crippen LogP contribution in [0.4, 0.5) is 11.5 Å². The van der Waals surface area contributed by atoms with Gasteiger partial charge >= 0.3 is 5.97 Å². The van der Waals surface area contributed by atoms with E-state index in [0.717, 1.165) is 25.6 Å². The summed E-state index contributed by atoms with van der Waals surface area (Å²) in [7, 11) is 1.58. The number of methoxy groups -OCH3 is 1. The highest BCUT2D eigenvalue weighted by Gasteiger charge is 2.15. The van der Waals surface area contributed by atoms with Crippen LogP contribution in [0.25, 0.3) is 10.7 Å². The van der Waals surface area contributed by atoms with Crippen LogP contribution < -0.4 is 10.1 Å². The molecule has 1 aromatic carbocycles. The number of aromatic nitrogens is 2. The van der Waals surface area contributed by atoms with Crippen LogP contribution in [0.15, 0.2) is 40.2 Å². The lowest BCUT2D eigenvalue weighted by Crippen LogP contribution is -2.04. The molecule has 0 amide bonds. The number of hydrogen-bond acceptors (Lipinski definition) is 6. The predicted octanol–water partition coefficient (Wildman–Crippen LogP) is 4.66. The molecule has 0 unspecified atom stereocenters. The number of benzene rings is 1. The minimum Gasteiger partial charge on any atom is -0.491 e. The van der Waals surface area contributed by atoms with Gasteiger partial charge in [0.2, 0.25) is 0 Å². The van der Waals surface area contributed by atoms with Crippen molar-refractivity contribution in [3.8, 4) is 16.5 Å². The third kappa shape index (κ3) is 4.20. The SMILES string of the molecule is COc1c(C)nc(-c2ccc(Br)s2)nc1Nc1ccc(CC(=O)O)cc1. The first kappa shape index (κ1) is 18.3. The van der Waals surface area contributed by atoms with Crippen molar-refractivity contribution in [3.05, 3.63) is 51.4 Å². The van der Waals surface area contributed by atoms with Gasteiger partial charge in [0.25, 0.3) is 0 Å². The largest absolute Gasteiger partial charge is 0.491 e. The molecule has 0 bridgehead atoms. The van der Waals surface area contributed by atoms with Crippen LogP contribution in [0.5, 0.6) is 5.75 Å². The average molecular weight is 434 g/mol. The number of ether oxygens (including phenoxy) is 1. The van der Waals surface area contributed by atoms with E-state index in [1.54, 1.807) is 30.6 Å². The maximum absolute atomic E-state index is 10.8. The molecule has 0 saturated heterocycles. The molecule has 0 aliphatic rings. The molecule has 134 valence electrons. The number of nitrogens with zero attached hydrogens (tertiary/aromatic N) is 2. The van der Waals surface area contributed by atoms with Gasteiger partial charge in [-0.2, -0.15) is 0 Å². The summed E-state index contributed by atoms with van der Waals surface area (Å²) in [5, 5.41) is 12.1. The zero-order valence-electron chi connectivity index (χ0n) is 14.1. The second-order valence-corrected chi connectivity index (χ2v) is 7.97. The highest BCUT2D eigenvalue weighted by Crippen LogP contribution is 2.34. The van der Waals surface area contributed by atoms with Gasteiger partial charge in [-0.3, -0.25) is 4.79 Å².